The molecule has 2 aromatic rings. The third kappa shape index (κ3) is 3.31. The summed E-state index contributed by atoms with van der Waals surface area (Å²) in [7, 11) is 0. The molecule has 0 aliphatic rings. The van der Waals surface area contributed by atoms with E-state index < -0.39 is 0 Å². The lowest BCUT2D eigenvalue weighted by atomic mass is 10.3. The molecule has 0 aliphatic heterocycles. The van der Waals surface area contributed by atoms with Gasteiger partial charge in [-0.2, -0.15) is 0 Å². The van der Waals surface area contributed by atoms with E-state index in [1.165, 1.54) is 6.20 Å². The molecule has 0 aliphatic carbocycles. The summed E-state index contributed by atoms with van der Waals surface area (Å²) in [6.45, 7) is 2.27. The van der Waals surface area contributed by atoms with Crippen LogP contribution in [0.3, 0.4) is 0 Å². The Morgan fingerprint density at radius 1 is 1.56 bits per heavy atom. The topological polar surface area (TPSA) is 79.9 Å². The van der Waals surface area contributed by atoms with Gasteiger partial charge in [-0.1, -0.05) is 0 Å². The largest absolute Gasteiger partial charge is 0.487 e. The van der Waals surface area contributed by atoms with Gasteiger partial charge in [-0.3, -0.25) is 9.78 Å². The number of aromatic amines is 1. The fraction of sp³-hybridized carbons (Fsp3) is 0.250. The highest BCUT2D eigenvalue weighted by atomic mass is 16.5. The zero-order valence-corrected chi connectivity index (χ0v) is 9.96. The van der Waals surface area contributed by atoms with Gasteiger partial charge >= 0.3 is 0 Å². The van der Waals surface area contributed by atoms with Crippen molar-refractivity contribution in [1.29, 1.82) is 0 Å². The van der Waals surface area contributed by atoms with Crippen LogP contribution in [0.25, 0.3) is 0 Å². The predicted octanol–water partition coefficient (Wildman–Crippen LogP) is 1.00. The van der Waals surface area contributed by atoms with Gasteiger partial charge in [0.05, 0.1) is 12.7 Å². The maximum absolute atomic E-state index is 11.6. The van der Waals surface area contributed by atoms with Crippen LogP contribution in [0.2, 0.25) is 0 Å². The highest BCUT2D eigenvalue weighted by molar-refractivity contribution is 5.90. The molecule has 0 unspecified atom stereocenters. The Labute approximate surface area is 104 Å². The third-order valence-electron chi connectivity index (χ3n) is 2.24. The Kier molecular flexibility index (Phi) is 3.90. The zero-order chi connectivity index (χ0) is 12.8. The number of pyridine rings is 1. The standard InChI is InChI=1S/C12H14N4O2/c1-9(18-10-3-2-4-13-8-10)7-16-12(17)11-14-5-6-15-11/h2-6,8-9H,7H2,1H3,(H,14,15)(H,16,17)/t9-/m1/s1. The van der Waals surface area contributed by atoms with E-state index in [1.807, 2.05) is 13.0 Å². The molecule has 0 spiro atoms. The van der Waals surface area contributed by atoms with Crippen LogP contribution in [0, 0.1) is 0 Å². The number of imidazole rings is 1. The Morgan fingerprint density at radius 3 is 3.11 bits per heavy atom. The molecular formula is C12H14N4O2. The fourth-order valence-electron chi connectivity index (χ4n) is 1.40. The van der Waals surface area contributed by atoms with Crippen LogP contribution < -0.4 is 10.1 Å². The molecule has 0 radical (unpaired) electrons. The molecule has 0 fully saturated rings. The first-order chi connectivity index (χ1) is 8.75. The first-order valence-corrected chi connectivity index (χ1v) is 5.60. The minimum Gasteiger partial charge on any atom is -0.487 e. The number of carbonyl (C=O) groups excluding carboxylic acids is 1. The third-order valence-corrected chi connectivity index (χ3v) is 2.24. The number of nitrogens with zero attached hydrogens (tertiary/aromatic N) is 2. The van der Waals surface area contributed by atoms with Gasteiger partial charge in [0.2, 0.25) is 0 Å². The van der Waals surface area contributed by atoms with Crippen LogP contribution in [-0.4, -0.2) is 33.5 Å². The molecule has 1 amide bonds. The van der Waals surface area contributed by atoms with Gasteiger partial charge < -0.3 is 15.0 Å². The number of rotatable bonds is 5. The Balaban J connectivity index is 1.78. The predicted molar refractivity (Wildman–Crippen MR) is 65.2 cm³/mol. The van der Waals surface area contributed by atoms with E-state index in [0.717, 1.165) is 0 Å². The second kappa shape index (κ2) is 5.81. The summed E-state index contributed by atoms with van der Waals surface area (Å²) in [6, 6.07) is 3.61. The van der Waals surface area contributed by atoms with Gasteiger partial charge in [-0.15, -0.1) is 0 Å². The molecule has 94 valence electrons. The lowest BCUT2D eigenvalue weighted by Crippen LogP contribution is -2.34. The van der Waals surface area contributed by atoms with Crippen molar-refractivity contribution in [3.63, 3.8) is 0 Å². The summed E-state index contributed by atoms with van der Waals surface area (Å²) in [5, 5.41) is 2.73. The Hall–Kier alpha value is -2.37. The van der Waals surface area contributed by atoms with Gasteiger partial charge in [-0.05, 0) is 19.1 Å². The summed E-state index contributed by atoms with van der Waals surface area (Å²) in [4.78, 5) is 22.1. The lowest BCUT2D eigenvalue weighted by molar-refractivity contribution is 0.0922. The van der Waals surface area contributed by atoms with Crippen molar-refractivity contribution in [1.82, 2.24) is 20.3 Å². The Bertz CT molecular complexity index is 484. The van der Waals surface area contributed by atoms with E-state index in [0.29, 0.717) is 18.1 Å². The summed E-state index contributed by atoms with van der Waals surface area (Å²) in [6.07, 6.45) is 6.30. The molecule has 6 heteroatoms. The van der Waals surface area contributed by atoms with Crippen molar-refractivity contribution in [2.75, 3.05) is 6.54 Å². The van der Waals surface area contributed by atoms with E-state index in [2.05, 4.69) is 20.3 Å². The van der Waals surface area contributed by atoms with Gasteiger partial charge in [-0.25, -0.2) is 4.98 Å². The number of nitrogens with one attached hydrogen (secondary N) is 2. The highest BCUT2D eigenvalue weighted by Crippen LogP contribution is 2.08. The lowest BCUT2D eigenvalue weighted by Gasteiger charge is -2.14. The molecule has 1 atom stereocenters. The number of ether oxygens (including phenoxy) is 1. The van der Waals surface area contributed by atoms with E-state index in [1.54, 1.807) is 24.7 Å². The quantitative estimate of drug-likeness (QED) is 0.824. The van der Waals surface area contributed by atoms with Crippen LogP contribution in [0.4, 0.5) is 0 Å². The van der Waals surface area contributed by atoms with E-state index in [9.17, 15) is 4.79 Å². The van der Waals surface area contributed by atoms with Crippen molar-refractivity contribution >= 4 is 5.91 Å². The first kappa shape index (κ1) is 12.1. The summed E-state index contributed by atoms with van der Waals surface area (Å²) < 4.78 is 5.57. The fourth-order valence-corrected chi connectivity index (χ4v) is 1.40. The maximum atomic E-state index is 11.6. The Morgan fingerprint density at radius 2 is 2.44 bits per heavy atom. The molecule has 6 nitrogen and oxygen atoms in total. The molecule has 2 heterocycles. The number of hydrogen-bond acceptors (Lipinski definition) is 4. The van der Waals surface area contributed by atoms with Gasteiger partial charge in [0, 0.05) is 18.6 Å². The molecule has 2 rings (SSSR count). The van der Waals surface area contributed by atoms with Gasteiger partial charge in [0.25, 0.3) is 5.91 Å². The van der Waals surface area contributed by atoms with Crippen LogP contribution in [-0.2, 0) is 0 Å². The van der Waals surface area contributed by atoms with Crippen LogP contribution in [0.15, 0.2) is 36.9 Å². The number of hydrogen-bond donors (Lipinski definition) is 2. The number of H-pyrrole nitrogens is 1. The zero-order valence-electron chi connectivity index (χ0n) is 9.96. The molecule has 18 heavy (non-hydrogen) atoms. The maximum Gasteiger partial charge on any atom is 0.287 e. The smallest absolute Gasteiger partial charge is 0.287 e. The molecule has 2 aromatic heterocycles. The van der Waals surface area contributed by atoms with E-state index in [4.69, 9.17) is 4.74 Å². The summed E-state index contributed by atoms with van der Waals surface area (Å²) in [5.41, 5.74) is 0. The SMILES string of the molecule is C[C@H](CNC(=O)c1ncc[nH]1)Oc1cccnc1. The van der Waals surface area contributed by atoms with Crippen molar-refractivity contribution in [2.24, 2.45) is 0 Å². The van der Waals surface area contributed by atoms with Crippen molar-refractivity contribution in [2.45, 2.75) is 13.0 Å². The van der Waals surface area contributed by atoms with Crippen LogP contribution in [0.5, 0.6) is 5.75 Å². The van der Waals surface area contributed by atoms with Crippen LogP contribution >= 0.6 is 0 Å². The van der Waals surface area contributed by atoms with Crippen molar-refractivity contribution < 1.29 is 9.53 Å². The average Bonchev–Trinajstić information content (AvgIpc) is 2.91. The second-order valence-electron chi connectivity index (χ2n) is 3.77. The molecule has 0 saturated carbocycles. The molecule has 0 bridgehead atoms. The van der Waals surface area contributed by atoms with Crippen molar-refractivity contribution in [3.05, 3.63) is 42.7 Å². The molecule has 0 aromatic carbocycles. The number of carbonyl (C=O) groups is 1. The second-order valence-corrected chi connectivity index (χ2v) is 3.77. The monoisotopic (exact) mass is 246 g/mol. The summed E-state index contributed by atoms with van der Waals surface area (Å²) in [5.74, 6) is 0.725. The van der Waals surface area contributed by atoms with Gasteiger partial charge in [0.1, 0.15) is 11.9 Å². The van der Waals surface area contributed by atoms with Crippen molar-refractivity contribution in [3.8, 4) is 5.75 Å². The normalized spacial score (nSPS) is 11.8. The minimum absolute atomic E-state index is 0.145. The highest BCUT2D eigenvalue weighted by Gasteiger charge is 2.10. The summed E-state index contributed by atoms with van der Waals surface area (Å²) >= 11 is 0. The van der Waals surface area contributed by atoms with Gasteiger partial charge in [0.15, 0.2) is 5.82 Å². The molecular weight excluding hydrogens is 232 g/mol. The van der Waals surface area contributed by atoms with Crippen LogP contribution in [0.1, 0.15) is 17.5 Å². The first-order valence-electron chi connectivity index (χ1n) is 5.60. The van der Waals surface area contributed by atoms with E-state index >= 15 is 0 Å². The number of aromatic nitrogens is 3. The minimum atomic E-state index is -0.248. The average molecular weight is 246 g/mol. The molecule has 0 saturated heterocycles. The molecule has 2 N–H and O–H groups in total. The van der Waals surface area contributed by atoms with E-state index in [-0.39, 0.29) is 12.0 Å². The number of amides is 1.